The van der Waals surface area contributed by atoms with Crippen molar-refractivity contribution in [2.24, 2.45) is 5.92 Å². The van der Waals surface area contributed by atoms with Crippen LogP contribution in [0, 0.1) is 5.92 Å². The zero-order valence-corrected chi connectivity index (χ0v) is 10.4. The Hall–Kier alpha value is -1.57. The van der Waals surface area contributed by atoms with Crippen molar-refractivity contribution in [2.45, 2.75) is 30.1 Å². The van der Waals surface area contributed by atoms with E-state index in [1.807, 2.05) is 4.72 Å². The standard InChI is InChI=1S/C10H14N2O5S/c1-2-6-5-10(6,11-9(14)15)8(13)12-18(16,17)7-3-4-7/h2,6-7,11H,1,3-5H2,(H,12,13)(H,14,15)/t6?,10-/m1/s1. The Morgan fingerprint density at radius 3 is 2.39 bits per heavy atom. The number of carboxylic acid groups (broad SMARTS) is 1. The fourth-order valence-electron chi connectivity index (χ4n) is 1.91. The van der Waals surface area contributed by atoms with Crippen molar-refractivity contribution in [1.29, 1.82) is 0 Å². The largest absolute Gasteiger partial charge is 0.465 e. The van der Waals surface area contributed by atoms with E-state index < -0.39 is 32.8 Å². The van der Waals surface area contributed by atoms with E-state index in [0.29, 0.717) is 12.8 Å². The molecular formula is C10H14N2O5S. The Morgan fingerprint density at radius 2 is 2.00 bits per heavy atom. The zero-order valence-electron chi connectivity index (χ0n) is 9.55. The van der Waals surface area contributed by atoms with Crippen molar-refractivity contribution in [2.75, 3.05) is 0 Å². The average molecular weight is 274 g/mol. The molecule has 0 spiro atoms. The maximum atomic E-state index is 11.9. The second-order valence-electron chi connectivity index (χ2n) is 4.62. The lowest BCUT2D eigenvalue weighted by Crippen LogP contribution is -2.52. The number of amides is 2. The Bertz CT molecular complexity index is 510. The first kappa shape index (κ1) is 12.9. The third-order valence-corrected chi connectivity index (χ3v) is 5.05. The highest BCUT2D eigenvalue weighted by Gasteiger charge is 2.61. The van der Waals surface area contributed by atoms with Crippen molar-refractivity contribution in [3.63, 3.8) is 0 Å². The number of nitrogens with one attached hydrogen (secondary N) is 2. The van der Waals surface area contributed by atoms with E-state index in [9.17, 15) is 18.0 Å². The predicted octanol–water partition coefficient (Wildman–Crippen LogP) is -0.193. The third kappa shape index (κ3) is 2.20. The molecule has 2 saturated carbocycles. The van der Waals surface area contributed by atoms with Gasteiger partial charge in [-0.1, -0.05) is 6.08 Å². The van der Waals surface area contributed by atoms with Crippen molar-refractivity contribution < 1.29 is 23.1 Å². The summed E-state index contributed by atoms with van der Waals surface area (Å²) in [5.41, 5.74) is -1.38. The number of carbonyl (C=O) groups excluding carboxylic acids is 1. The molecule has 0 aromatic rings. The fraction of sp³-hybridized carbons (Fsp3) is 0.600. The van der Waals surface area contributed by atoms with Crippen LogP contribution in [0.3, 0.4) is 0 Å². The summed E-state index contributed by atoms with van der Waals surface area (Å²) in [6, 6.07) is 0. The molecule has 1 unspecified atom stereocenters. The molecule has 0 radical (unpaired) electrons. The minimum Gasteiger partial charge on any atom is -0.465 e. The normalized spacial score (nSPS) is 30.3. The zero-order chi connectivity index (χ0) is 13.6. The maximum Gasteiger partial charge on any atom is 0.405 e. The number of rotatable bonds is 5. The number of hydrogen-bond acceptors (Lipinski definition) is 4. The molecule has 2 amide bonds. The fourth-order valence-corrected chi connectivity index (χ4v) is 3.27. The van der Waals surface area contributed by atoms with Gasteiger partial charge in [-0.2, -0.15) is 0 Å². The molecule has 7 nitrogen and oxygen atoms in total. The van der Waals surface area contributed by atoms with Gasteiger partial charge in [0.2, 0.25) is 10.0 Å². The summed E-state index contributed by atoms with van der Waals surface area (Å²) in [5.74, 6) is -1.19. The molecule has 100 valence electrons. The van der Waals surface area contributed by atoms with E-state index in [-0.39, 0.29) is 12.3 Å². The third-order valence-electron chi connectivity index (χ3n) is 3.23. The predicted molar refractivity (Wildman–Crippen MR) is 62.3 cm³/mol. The second kappa shape index (κ2) is 3.98. The summed E-state index contributed by atoms with van der Waals surface area (Å²) in [7, 11) is -3.66. The number of hydrogen-bond donors (Lipinski definition) is 3. The van der Waals surface area contributed by atoms with Gasteiger partial charge in [-0.3, -0.25) is 9.52 Å². The lowest BCUT2D eigenvalue weighted by atomic mass is 10.2. The van der Waals surface area contributed by atoms with E-state index >= 15 is 0 Å². The van der Waals surface area contributed by atoms with Crippen molar-refractivity contribution in [3.8, 4) is 0 Å². The summed E-state index contributed by atoms with van der Waals surface area (Å²) in [6.07, 6.45) is 1.38. The van der Waals surface area contributed by atoms with Crippen LogP contribution < -0.4 is 10.0 Å². The van der Waals surface area contributed by atoms with Crippen LogP contribution in [0.5, 0.6) is 0 Å². The van der Waals surface area contributed by atoms with Crippen LogP contribution in [0.1, 0.15) is 19.3 Å². The number of sulfonamides is 1. The van der Waals surface area contributed by atoms with Gasteiger partial charge in [0.25, 0.3) is 5.91 Å². The van der Waals surface area contributed by atoms with Crippen LogP contribution in [0.15, 0.2) is 12.7 Å². The van der Waals surface area contributed by atoms with Crippen LogP contribution in [-0.2, 0) is 14.8 Å². The van der Waals surface area contributed by atoms with E-state index in [2.05, 4.69) is 11.9 Å². The lowest BCUT2D eigenvalue weighted by Gasteiger charge is -2.16. The topological polar surface area (TPSA) is 113 Å². The van der Waals surface area contributed by atoms with Crippen molar-refractivity contribution >= 4 is 22.0 Å². The minimum atomic E-state index is -3.66. The summed E-state index contributed by atoms with van der Waals surface area (Å²) in [5, 5.41) is 10.3. The summed E-state index contributed by atoms with van der Waals surface area (Å²) >= 11 is 0. The molecule has 0 aromatic carbocycles. The molecule has 0 bridgehead atoms. The highest BCUT2D eigenvalue weighted by molar-refractivity contribution is 7.90. The first-order chi connectivity index (χ1) is 8.32. The first-order valence-corrected chi connectivity index (χ1v) is 7.06. The van der Waals surface area contributed by atoms with Gasteiger partial charge in [-0.15, -0.1) is 6.58 Å². The molecular weight excluding hydrogens is 260 g/mol. The van der Waals surface area contributed by atoms with Gasteiger partial charge in [0.05, 0.1) is 5.25 Å². The molecule has 2 fully saturated rings. The summed E-state index contributed by atoms with van der Waals surface area (Å²) in [4.78, 5) is 22.6. The van der Waals surface area contributed by atoms with Crippen LogP contribution in [0.2, 0.25) is 0 Å². The monoisotopic (exact) mass is 274 g/mol. The maximum absolute atomic E-state index is 11.9. The van der Waals surface area contributed by atoms with E-state index in [1.165, 1.54) is 6.08 Å². The Balaban J connectivity index is 2.10. The average Bonchev–Trinajstić information content (AvgIpc) is 3.11. The van der Waals surface area contributed by atoms with E-state index in [1.54, 1.807) is 0 Å². The lowest BCUT2D eigenvalue weighted by molar-refractivity contribution is -0.122. The van der Waals surface area contributed by atoms with Gasteiger partial charge in [0, 0.05) is 5.92 Å². The Morgan fingerprint density at radius 1 is 1.39 bits per heavy atom. The van der Waals surface area contributed by atoms with Gasteiger partial charge >= 0.3 is 6.09 Å². The number of carbonyl (C=O) groups is 2. The smallest absolute Gasteiger partial charge is 0.405 e. The molecule has 0 saturated heterocycles. The van der Waals surface area contributed by atoms with Gasteiger partial charge < -0.3 is 10.4 Å². The highest BCUT2D eigenvalue weighted by atomic mass is 32.2. The highest BCUT2D eigenvalue weighted by Crippen LogP contribution is 2.45. The Labute approximate surface area is 104 Å². The van der Waals surface area contributed by atoms with E-state index in [4.69, 9.17) is 5.11 Å². The molecule has 2 aliphatic rings. The van der Waals surface area contributed by atoms with Crippen LogP contribution in [0.4, 0.5) is 4.79 Å². The van der Waals surface area contributed by atoms with Crippen LogP contribution in [0.25, 0.3) is 0 Å². The molecule has 0 aromatic heterocycles. The quantitative estimate of drug-likeness (QED) is 0.601. The first-order valence-electron chi connectivity index (χ1n) is 5.51. The molecule has 18 heavy (non-hydrogen) atoms. The Kier molecular flexibility index (Phi) is 2.84. The van der Waals surface area contributed by atoms with Gasteiger partial charge in [0.1, 0.15) is 5.54 Å². The van der Waals surface area contributed by atoms with Crippen LogP contribution >= 0.6 is 0 Å². The molecule has 0 aliphatic heterocycles. The van der Waals surface area contributed by atoms with Gasteiger partial charge in [-0.05, 0) is 19.3 Å². The van der Waals surface area contributed by atoms with Crippen molar-refractivity contribution in [3.05, 3.63) is 12.7 Å². The summed E-state index contributed by atoms with van der Waals surface area (Å²) in [6.45, 7) is 3.49. The van der Waals surface area contributed by atoms with Crippen molar-refractivity contribution in [1.82, 2.24) is 10.0 Å². The SMILES string of the molecule is C=CC1C[C@]1(NC(=O)O)C(=O)NS(=O)(=O)C1CC1. The molecule has 2 aliphatic carbocycles. The molecule has 2 rings (SSSR count). The molecule has 8 heteroatoms. The molecule has 2 atom stereocenters. The van der Waals surface area contributed by atoms with Crippen LogP contribution in [-0.4, -0.2) is 36.3 Å². The minimum absolute atomic E-state index is 0.231. The second-order valence-corrected chi connectivity index (χ2v) is 6.58. The summed E-state index contributed by atoms with van der Waals surface area (Å²) < 4.78 is 25.2. The van der Waals surface area contributed by atoms with E-state index in [0.717, 1.165) is 0 Å². The van der Waals surface area contributed by atoms with Gasteiger partial charge in [-0.25, -0.2) is 13.2 Å². The molecule has 3 N–H and O–H groups in total. The molecule has 0 heterocycles. The van der Waals surface area contributed by atoms with Gasteiger partial charge in [0.15, 0.2) is 0 Å².